The van der Waals surface area contributed by atoms with Crippen molar-refractivity contribution in [3.63, 3.8) is 0 Å². The monoisotopic (exact) mass is 333 g/mol. The molecule has 1 amide bonds. The average Bonchev–Trinajstić information content (AvgIpc) is 2.37. The normalized spacial score (nSPS) is 13.0. The molecule has 0 spiro atoms. The van der Waals surface area contributed by atoms with Crippen molar-refractivity contribution in [1.82, 2.24) is 5.32 Å². The Hall–Kier alpha value is -1.11. The Kier molecular flexibility index (Phi) is 6.19. The molecule has 0 saturated heterocycles. The minimum absolute atomic E-state index is 0.0676. The lowest BCUT2D eigenvalue weighted by Gasteiger charge is -2.16. The molecule has 1 aromatic carbocycles. The number of ether oxygens (including phenoxy) is 1. The van der Waals surface area contributed by atoms with Crippen LogP contribution in [0.5, 0.6) is 0 Å². The van der Waals surface area contributed by atoms with Gasteiger partial charge >= 0.3 is 0 Å². The van der Waals surface area contributed by atoms with Crippen molar-refractivity contribution in [3.8, 4) is 0 Å². The fourth-order valence-corrected chi connectivity index (χ4v) is 2.71. The molecule has 1 rings (SSSR count). The lowest BCUT2D eigenvalue weighted by atomic mass is 10.0. The second-order valence-electron chi connectivity index (χ2n) is 5.01. The van der Waals surface area contributed by atoms with Gasteiger partial charge in [0.05, 0.1) is 4.90 Å². The van der Waals surface area contributed by atoms with Gasteiger partial charge in [-0.25, -0.2) is 8.42 Å². The lowest BCUT2D eigenvalue weighted by Crippen LogP contribution is -2.34. The Morgan fingerprint density at radius 3 is 2.52 bits per heavy atom. The number of hydrogen-bond acceptors (Lipinski definition) is 4. The molecule has 5 nitrogen and oxygen atoms in total. The predicted octanol–water partition coefficient (Wildman–Crippen LogP) is 2.39. The van der Waals surface area contributed by atoms with Crippen LogP contribution in [-0.2, 0) is 13.8 Å². The van der Waals surface area contributed by atoms with Gasteiger partial charge in [0.2, 0.25) is 0 Å². The summed E-state index contributed by atoms with van der Waals surface area (Å²) in [6, 6.07) is 2.69. The minimum Gasteiger partial charge on any atom is -0.385 e. The second-order valence-corrected chi connectivity index (χ2v) is 7.57. The molecule has 1 N–H and O–H groups in total. The molecule has 0 aliphatic heterocycles. The zero-order chi connectivity index (χ0) is 16.2. The molecule has 0 radical (unpaired) electrons. The highest BCUT2D eigenvalue weighted by molar-refractivity contribution is 8.13. The summed E-state index contributed by atoms with van der Waals surface area (Å²) < 4.78 is 27.9. The molecule has 118 valence electrons. The maximum Gasteiger partial charge on any atom is 0.261 e. The number of rotatable bonds is 6. The van der Waals surface area contributed by atoms with E-state index >= 15 is 0 Å². The molecule has 0 heterocycles. The average molecular weight is 334 g/mol. The van der Waals surface area contributed by atoms with E-state index in [1.807, 2.05) is 6.92 Å². The van der Waals surface area contributed by atoms with Crippen molar-refractivity contribution in [2.45, 2.75) is 38.1 Å². The Labute approximate surface area is 130 Å². The van der Waals surface area contributed by atoms with E-state index in [1.54, 1.807) is 21.0 Å². The third kappa shape index (κ3) is 4.98. The SMILES string of the molecule is COCCC(C)NC(=O)c1cc(S(=O)(=O)Cl)cc(C)c1C. The molecule has 0 aliphatic carbocycles. The Bertz CT molecular complexity index is 628. The van der Waals surface area contributed by atoms with Crippen LogP contribution in [0.1, 0.15) is 34.8 Å². The number of methoxy groups -OCH3 is 1. The van der Waals surface area contributed by atoms with E-state index in [2.05, 4.69) is 5.32 Å². The van der Waals surface area contributed by atoms with Crippen LogP contribution in [0.2, 0.25) is 0 Å². The number of nitrogens with one attached hydrogen (secondary N) is 1. The molecular formula is C14H20ClNO4S. The summed E-state index contributed by atoms with van der Waals surface area (Å²) in [5.41, 5.74) is 1.75. The largest absolute Gasteiger partial charge is 0.385 e. The first-order valence-electron chi connectivity index (χ1n) is 6.52. The molecule has 0 fully saturated rings. The van der Waals surface area contributed by atoms with Crippen LogP contribution >= 0.6 is 10.7 Å². The fraction of sp³-hybridized carbons (Fsp3) is 0.500. The third-order valence-electron chi connectivity index (χ3n) is 3.30. The van der Waals surface area contributed by atoms with Crippen LogP contribution in [0.4, 0.5) is 0 Å². The van der Waals surface area contributed by atoms with Gasteiger partial charge in [-0.1, -0.05) is 0 Å². The van der Waals surface area contributed by atoms with Gasteiger partial charge in [-0.3, -0.25) is 4.79 Å². The Balaban J connectivity index is 3.06. The van der Waals surface area contributed by atoms with Crippen molar-refractivity contribution in [2.75, 3.05) is 13.7 Å². The van der Waals surface area contributed by atoms with Crippen molar-refractivity contribution in [3.05, 3.63) is 28.8 Å². The summed E-state index contributed by atoms with van der Waals surface area (Å²) in [6.07, 6.45) is 0.674. The van der Waals surface area contributed by atoms with E-state index in [9.17, 15) is 13.2 Å². The summed E-state index contributed by atoms with van der Waals surface area (Å²) in [5.74, 6) is -0.318. The van der Waals surface area contributed by atoms with Crippen LogP contribution in [0.3, 0.4) is 0 Å². The predicted molar refractivity (Wildman–Crippen MR) is 82.4 cm³/mol. The van der Waals surface area contributed by atoms with Crippen LogP contribution in [0.25, 0.3) is 0 Å². The first kappa shape index (κ1) is 17.9. The molecule has 7 heteroatoms. The molecule has 0 saturated carbocycles. The van der Waals surface area contributed by atoms with E-state index in [4.69, 9.17) is 15.4 Å². The molecule has 1 aromatic rings. The molecule has 1 atom stereocenters. The van der Waals surface area contributed by atoms with E-state index in [0.717, 1.165) is 5.56 Å². The quantitative estimate of drug-likeness (QED) is 0.811. The third-order valence-corrected chi connectivity index (χ3v) is 4.63. The molecule has 0 aliphatic rings. The molecule has 0 aromatic heterocycles. The molecule has 1 unspecified atom stereocenters. The highest BCUT2D eigenvalue weighted by Gasteiger charge is 2.19. The number of carbonyl (C=O) groups excluding carboxylic acids is 1. The lowest BCUT2D eigenvalue weighted by molar-refractivity contribution is 0.0928. The van der Waals surface area contributed by atoms with Gasteiger partial charge in [0.15, 0.2) is 0 Å². The number of amides is 1. The van der Waals surface area contributed by atoms with E-state index in [-0.39, 0.29) is 16.8 Å². The maximum absolute atomic E-state index is 12.3. The van der Waals surface area contributed by atoms with Crippen molar-refractivity contribution in [2.24, 2.45) is 0 Å². The molecular weight excluding hydrogens is 314 g/mol. The number of carbonyl (C=O) groups is 1. The van der Waals surface area contributed by atoms with E-state index < -0.39 is 9.05 Å². The van der Waals surface area contributed by atoms with Gasteiger partial charge in [-0.05, 0) is 50.5 Å². The second kappa shape index (κ2) is 7.24. The summed E-state index contributed by atoms with van der Waals surface area (Å²) in [5, 5.41) is 2.82. The van der Waals surface area contributed by atoms with Crippen molar-refractivity contribution in [1.29, 1.82) is 0 Å². The summed E-state index contributed by atoms with van der Waals surface area (Å²) in [6.45, 7) is 5.91. The van der Waals surface area contributed by atoms with Crippen LogP contribution in [0, 0.1) is 13.8 Å². The van der Waals surface area contributed by atoms with Crippen LogP contribution in [-0.4, -0.2) is 34.1 Å². The topological polar surface area (TPSA) is 72.5 Å². The Morgan fingerprint density at radius 2 is 2.00 bits per heavy atom. The smallest absolute Gasteiger partial charge is 0.261 e. The number of halogens is 1. The van der Waals surface area contributed by atoms with Gasteiger partial charge in [-0.2, -0.15) is 0 Å². The number of hydrogen-bond donors (Lipinski definition) is 1. The summed E-state index contributed by atoms with van der Waals surface area (Å²) >= 11 is 0. The highest BCUT2D eigenvalue weighted by Crippen LogP contribution is 2.22. The van der Waals surface area contributed by atoms with Crippen LogP contribution < -0.4 is 5.32 Å². The number of benzene rings is 1. The summed E-state index contributed by atoms with van der Waals surface area (Å²) in [7, 11) is 3.08. The maximum atomic E-state index is 12.3. The van der Waals surface area contributed by atoms with Gasteiger partial charge in [-0.15, -0.1) is 0 Å². The zero-order valence-electron chi connectivity index (χ0n) is 12.6. The van der Waals surface area contributed by atoms with Gasteiger partial charge in [0, 0.05) is 36.0 Å². The van der Waals surface area contributed by atoms with Gasteiger partial charge in [0.1, 0.15) is 0 Å². The van der Waals surface area contributed by atoms with Gasteiger partial charge < -0.3 is 10.1 Å². The standard InChI is InChI=1S/C14H20ClNO4S/c1-9-7-12(21(15,18)19)8-13(11(9)3)14(17)16-10(2)5-6-20-4/h7-8,10H,5-6H2,1-4H3,(H,16,17). The molecule has 21 heavy (non-hydrogen) atoms. The summed E-state index contributed by atoms with van der Waals surface area (Å²) in [4.78, 5) is 12.2. The van der Waals surface area contributed by atoms with E-state index in [1.165, 1.54) is 12.1 Å². The first-order chi connectivity index (χ1) is 9.66. The van der Waals surface area contributed by atoms with Crippen LogP contribution in [0.15, 0.2) is 17.0 Å². The Morgan fingerprint density at radius 1 is 1.38 bits per heavy atom. The van der Waals surface area contributed by atoms with Crippen molar-refractivity contribution >= 4 is 25.6 Å². The minimum atomic E-state index is -3.87. The van der Waals surface area contributed by atoms with Crippen molar-refractivity contribution < 1.29 is 17.9 Å². The first-order valence-corrected chi connectivity index (χ1v) is 8.83. The van der Waals surface area contributed by atoms with Gasteiger partial charge in [0.25, 0.3) is 15.0 Å². The highest BCUT2D eigenvalue weighted by atomic mass is 35.7. The van der Waals surface area contributed by atoms with E-state index in [0.29, 0.717) is 24.2 Å². The molecule has 0 bridgehead atoms. The number of aryl methyl sites for hydroxylation is 1. The fourth-order valence-electron chi connectivity index (χ4n) is 1.87. The zero-order valence-corrected chi connectivity index (χ0v) is 14.1.